The molecule has 0 spiro atoms. The summed E-state index contributed by atoms with van der Waals surface area (Å²) in [4.78, 5) is 8.72. The molecule has 1 rings (SSSR count). The highest BCUT2D eigenvalue weighted by atomic mass is 19.1. The maximum absolute atomic E-state index is 13.6. The monoisotopic (exact) mass is 418 g/mol. The summed E-state index contributed by atoms with van der Waals surface area (Å²) in [6.45, 7) is 8.21. The number of allylic oxidation sites excluding steroid dienone is 6. The number of ether oxygens (including phenoxy) is 2. The molecule has 1 heterocycles. The number of methoxy groups -OCH3 is 2. The summed E-state index contributed by atoms with van der Waals surface area (Å²) in [7, 11) is 3.19. The van der Waals surface area contributed by atoms with Gasteiger partial charge in [-0.3, -0.25) is 0 Å². The van der Waals surface area contributed by atoms with Crippen LogP contribution in [0.5, 0.6) is 6.01 Å². The minimum atomic E-state index is -0.299. The van der Waals surface area contributed by atoms with E-state index in [9.17, 15) is 4.39 Å². The van der Waals surface area contributed by atoms with Crippen molar-refractivity contribution in [1.82, 2.24) is 9.97 Å². The molecule has 6 nitrogen and oxygen atoms in total. The maximum atomic E-state index is 13.6. The Morgan fingerprint density at radius 2 is 1.93 bits per heavy atom. The van der Waals surface area contributed by atoms with Crippen molar-refractivity contribution in [2.75, 3.05) is 32.6 Å². The number of hydrogen-bond acceptors (Lipinski definition) is 6. The average molecular weight is 419 g/mol. The molecule has 0 saturated heterocycles. The number of halogens is 1. The number of nitrogens with one attached hydrogen (secondary N) is 1. The number of aromatic nitrogens is 2. The molecule has 0 aromatic carbocycles. The van der Waals surface area contributed by atoms with Crippen LogP contribution in [0.15, 0.2) is 47.0 Å². The molecule has 0 aliphatic heterocycles. The Balaban J connectivity index is 2.85. The van der Waals surface area contributed by atoms with Gasteiger partial charge in [0, 0.05) is 19.2 Å². The third kappa shape index (κ3) is 8.78. The highest BCUT2D eigenvalue weighted by Crippen LogP contribution is 2.21. The van der Waals surface area contributed by atoms with Crippen molar-refractivity contribution in [3.8, 4) is 6.01 Å². The SMILES string of the molecule is CC/C(=C\C=C(/C)OC)CCCNc1cc(/C(C)=C/C(CN)=C(\C)F)nc(OC)n1. The van der Waals surface area contributed by atoms with Gasteiger partial charge in [-0.25, -0.2) is 4.39 Å². The first kappa shape index (κ1) is 25.4. The summed E-state index contributed by atoms with van der Waals surface area (Å²) in [5, 5.41) is 3.32. The number of rotatable bonds is 12. The predicted octanol–water partition coefficient (Wildman–Crippen LogP) is 5.17. The van der Waals surface area contributed by atoms with E-state index >= 15 is 0 Å². The Labute approximate surface area is 179 Å². The lowest BCUT2D eigenvalue weighted by molar-refractivity contribution is 0.293. The Bertz CT molecular complexity index is 809. The number of nitrogens with two attached hydrogens (primary N) is 1. The minimum absolute atomic E-state index is 0.124. The Hall–Kier alpha value is -2.67. The first-order valence-corrected chi connectivity index (χ1v) is 10.2. The van der Waals surface area contributed by atoms with Gasteiger partial charge in [-0.15, -0.1) is 0 Å². The van der Waals surface area contributed by atoms with Crippen molar-refractivity contribution >= 4 is 11.4 Å². The molecule has 30 heavy (non-hydrogen) atoms. The standard InChI is InChI=1S/C23H35FN4O2/c1-7-19(11-10-17(3)29-5)9-8-12-26-22-14-21(27-23(28-22)30-6)16(2)13-20(15-25)18(4)24/h10-11,13-14H,7-9,12,15,25H2,1-6H3,(H,26,27,28)/b16-13+,17-10+,19-11+,20-18-. The van der Waals surface area contributed by atoms with Crippen molar-refractivity contribution in [3.05, 3.63) is 52.7 Å². The molecule has 3 N–H and O–H groups in total. The van der Waals surface area contributed by atoms with Gasteiger partial charge in [0.05, 0.1) is 25.7 Å². The van der Waals surface area contributed by atoms with Crippen LogP contribution in [-0.4, -0.2) is 37.3 Å². The van der Waals surface area contributed by atoms with Crippen molar-refractivity contribution < 1.29 is 13.9 Å². The Morgan fingerprint density at radius 1 is 1.20 bits per heavy atom. The van der Waals surface area contributed by atoms with Crippen molar-refractivity contribution in [2.45, 2.75) is 47.0 Å². The average Bonchev–Trinajstić information content (AvgIpc) is 2.75. The smallest absolute Gasteiger partial charge is 0.318 e. The van der Waals surface area contributed by atoms with Crippen LogP contribution < -0.4 is 15.8 Å². The predicted molar refractivity (Wildman–Crippen MR) is 122 cm³/mol. The zero-order valence-electron chi connectivity index (χ0n) is 19.0. The van der Waals surface area contributed by atoms with E-state index in [2.05, 4.69) is 28.3 Å². The number of anilines is 1. The molecule has 0 aliphatic carbocycles. The summed E-state index contributed by atoms with van der Waals surface area (Å²) in [5.41, 5.74) is 8.86. The van der Waals surface area contributed by atoms with Crippen LogP contribution in [0.1, 0.15) is 52.7 Å². The van der Waals surface area contributed by atoms with Crippen LogP contribution in [0.4, 0.5) is 10.2 Å². The van der Waals surface area contributed by atoms with Gasteiger partial charge in [-0.05, 0) is 57.3 Å². The van der Waals surface area contributed by atoms with Crippen LogP contribution >= 0.6 is 0 Å². The van der Waals surface area contributed by atoms with E-state index in [1.165, 1.54) is 19.6 Å². The summed E-state index contributed by atoms with van der Waals surface area (Å²) in [6, 6.07) is 2.09. The molecule has 0 saturated carbocycles. The molecule has 1 aromatic heterocycles. The van der Waals surface area contributed by atoms with Gasteiger partial charge < -0.3 is 20.5 Å². The minimum Gasteiger partial charge on any atom is -0.501 e. The fourth-order valence-corrected chi connectivity index (χ4v) is 2.66. The maximum Gasteiger partial charge on any atom is 0.318 e. The van der Waals surface area contributed by atoms with E-state index in [1.807, 2.05) is 26.0 Å². The van der Waals surface area contributed by atoms with E-state index < -0.39 is 0 Å². The summed E-state index contributed by atoms with van der Waals surface area (Å²) in [6.07, 6.45) is 8.74. The first-order valence-electron chi connectivity index (χ1n) is 10.2. The van der Waals surface area contributed by atoms with Gasteiger partial charge in [0.1, 0.15) is 11.6 Å². The van der Waals surface area contributed by atoms with E-state index in [4.69, 9.17) is 15.2 Å². The fourth-order valence-electron chi connectivity index (χ4n) is 2.66. The van der Waals surface area contributed by atoms with Crippen molar-refractivity contribution in [1.29, 1.82) is 0 Å². The molecule has 0 bridgehead atoms. The fraction of sp³-hybridized carbons (Fsp3) is 0.478. The molecule has 0 radical (unpaired) electrons. The summed E-state index contributed by atoms with van der Waals surface area (Å²) < 4.78 is 23.9. The van der Waals surface area contributed by atoms with Crippen LogP contribution in [0.3, 0.4) is 0 Å². The molecular weight excluding hydrogens is 383 g/mol. The molecule has 0 atom stereocenters. The van der Waals surface area contributed by atoms with E-state index in [0.29, 0.717) is 17.1 Å². The second-order valence-corrected chi connectivity index (χ2v) is 6.91. The van der Waals surface area contributed by atoms with Crippen molar-refractivity contribution in [3.63, 3.8) is 0 Å². The molecule has 0 aliphatic rings. The first-order chi connectivity index (χ1) is 14.3. The van der Waals surface area contributed by atoms with Gasteiger partial charge in [0.15, 0.2) is 0 Å². The van der Waals surface area contributed by atoms with Gasteiger partial charge in [-0.1, -0.05) is 24.6 Å². The summed E-state index contributed by atoms with van der Waals surface area (Å²) >= 11 is 0. The van der Waals surface area contributed by atoms with Crippen LogP contribution in [0, 0.1) is 0 Å². The zero-order valence-corrected chi connectivity index (χ0v) is 19.0. The molecule has 1 aromatic rings. The van der Waals surface area contributed by atoms with Gasteiger partial charge in [-0.2, -0.15) is 9.97 Å². The highest BCUT2D eigenvalue weighted by molar-refractivity contribution is 5.66. The second-order valence-electron chi connectivity index (χ2n) is 6.91. The van der Waals surface area contributed by atoms with Crippen LogP contribution in [0.25, 0.3) is 5.57 Å². The quantitative estimate of drug-likeness (QED) is 0.277. The number of nitrogens with zero attached hydrogens (tertiary/aromatic N) is 2. The van der Waals surface area contributed by atoms with Gasteiger partial charge in [0.25, 0.3) is 0 Å². The normalized spacial score (nSPS) is 13.8. The Morgan fingerprint density at radius 3 is 2.50 bits per heavy atom. The molecule has 0 unspecified atom stereocenters. The Kier molecular flexibility index (Phi) is 11.4. The summed E-state index contributed by atoms with van der Waals surface area (Å²) in [5.74, 6) is 1.25. The van der Waals surface area contributed by atoms with E-state index in [0.717, 1.165) is 37.1 Å². The lowest BCUT2D eigenvalue weighted by Crippen LogP contribution is -2.07. The van der Waals surface area contributed by atoms with E-state index in [-0.39, 0.29) is 18.4 Å². The molecule has 0 amide bonds. The third-order valence-electron chi connectivity index (χ3n) is 4.66. The lowest BCUT2D eigenvalue weighted by atomic mass is 10.1. The topological polar surface area (TPSA) is 82.3 Å². The van der Waals surface area contributed by atoms with E-state index in [1.54, 1.807) is 13.2 Å². The number of hydrogen-bond donors (Lipinski definition) is 2. The molecule has 7 heteroatoms. The van der Waals surface area contributed by atoms with Gasteiger partial charge in [0.2, 0.25) is 0 Å². The second kappa shape index (κ2) is 13.5. The lowest BCUT2D eigenvalue weighted by Gasteiger charge is -2.11. The largest absolute Gasteiger partial charge is 0.501 e. The molecule has 0 fully saturated rings. The zero-order chi connectivity index (χ0) is 22.5. The van der Waals surface area contributed by atoms with Crippen molar-refractivity contribution in [2.24, 2.45) is 5.73 Å². The highest BCUT2D eigenvalue weighted by Gasteiger charge is 2.08. The molecular formula is C23H35FN4O2. The molecule has 166 valence electrons. The van der Waals surface area contributed by atoms with Gasteiger partial charge >= 0.3 is 6.01 Å². The van der Waals surface area contributed by atoms with Crippen LogP contribution in [-0.2, 0) is 4.74 Å². The third-order valence-corrected chi connectivity index (χ3v) is 4.66. The van der Waals surface area contributed by atoms with Crippen LogP contribution in [0.2, 0.25) is 0 Å².